The standard InChI is InChI=1S/C15H18ClN3/c1-2-11-10-18-14-4-3-12(16)9-13(14)15(11)19-7-5-17-6-8-19/h3-4,9-10,17H,2,5-8H2,1H3. The molecule has 1 fully saturated rings. The molecule has 3 nitrogen and oxygen atoms in total. The van der Waals surface area contributed by atoms with Crippen LogP contribution >= 0.6 is 11.6 Å². The molecule has 1 N–H and O–H groups in total. The molecule has 1 aromatic carbocycles. The molecule has 4 heteroatoms. The first-order chi connectivity index (χ1) is 9.29. The second kappa shape index (κ2) is 5.35. The van der Waals surface area contributed by atoms with Gasteiger partial charge >= 0.3 is 0 Å². The lowest BCUT2D eigenvalue weighted by Gasteiger charge is -2.32. The Balaban J connectivity index is 2.19. The number of nitrogens with one attached hydrogen (secondary N) is 1. The van der Waals surface area contributed by atoms with Crippen molar-refractivity contribution in [3.8, 4) is 0 Å². The number of pyridine rings is 1. The highest BCUT2D eigenvalue weighted by Crippen LogP contribution is 2.32. The van der Waals surface area contributed by atoms with Gasteiger partial charge in [0.15, 0.2) is 0 Å². The van der Waals surface area contributed by atoms with E-state index in [-0.39, 0.29) is 0 Å². The number of nitrogens with zero attached hydrogens (tertiary/aromatic N) is 2. The molecule has 100 valence electrons. The highest BCUT2D eigenvalue weighted by Gasteiger charge is 2.17. The van der Waals surface area contributed by atoms with Gasteiger partial charge in [0.2, 0.25) is 0 Å². The maximum atomic E-state index is 6.17. The van der Waals surface area contributed by atoms with E-state index in [1.165, 1.54) is 16.6 Å². The Morgan fingerprint density at radius 2 is 2.11 bits per heavy atom. The fraction of sp³-hybridized carbons (Fsp3) is 0.400. The van der Waals surface area contributed by atoms with Gasteiger partial charge in [-0.2, -0.15) is 0 Å². The molecule has 2 heterocycles. The van der Waals surface area contributed by atoms with E-state index in [9.17, 15) is 0 Å². The Bertz CT molecular complexity index is 591. The van der Waals surface area contributed by atoms with Crippen molar-refractivity contribution in [2.45, 2.75) is 13.3 Å². The van der Waals surface area contributed by atoms with Gasteiger partial charge in [0.05, 0.1) is 11.2 Å². The minimum Gasteiger partial charge on any atom is -0.368 e. The molecule has 0 spiro atoms. The Morgan fingerprint density at radius 3 is 2.84 bits per heavy atom. The third kappa shape index (κ3) is 2.40. The van der Waals surface area contributed by atoms with Crippen LogP contribution in [-0.2, 0) is 6.42 Å². The lowest BCUT2D eigenvalue weighted by Crippen LogP contribution is -2.44. The molecule has 1 aliphatic heterocycles. The quantitative estimate of drug-likeness (QED) is 0.914. The first-order valence-electron chi connectivity index (χ1n) is 6.82. The van der Waals surface area contributed by atoms with Gasteiger partial charge in [-0.25, -0.2) is 0 Å². The van der Waals surface area contributed by atoms with Gasteiger partial charge < -0.3 is 10.2 Å². The van der Waals surface area contributed by atoms with Gasteiger partial charge in [-0.15, -0.1) is 0 Å². The summed E-state index contributed by atoms with van der Waals surface area (Å²) in [7, 11) is 0. The highest BCUT2D eigenvalue weighted by molar-refractivity contribution is 6.31. The number of piperazine rings is 1. The average Bonchev–Trinajstić information content (AvgIpc) is 2.46. The van der Waals surface area contributed by atoms with E-state index in [2.05, 4.69) is 22.1 Å². The van der Waals surface area contributed by atoms with Crippen LogP contribution in [0.25, 0.3) is 10.9 Å². The van der Waals surface area contributed by atoms with E-state index in [4.69, 9.17) is 11.6 Å². The van der Waals surface area contributed by atoms with E-state index in [1.807, 2.05) is 24.4 Å². The summed E-state index contributed by atoms with van der Waals surface area (Å²) in [5, 5.41) is 5.35. The maximum Gasteiger partial charge on any atom is 0.0724 e. The molecule has 0 bridgehead atoms. The molecule has 1 saturated heterocycles. The van der Waals surface area contributed by atoms with Crippen molar-refractivity contribution in [3.63, 3.8) is 0 Å². The fourth-order valence-corrected chi connectivity index (χ4v) is 2.88. The zero-order valence-corrected chi connectivity index (χ0v) is 11.9. The lowest BCUT2D eigenvalue weighted by atomic mass is 10.1. The first kappa shape index (κ1) is 12.7. The number of hydrogen-bond acceptors (Lipinski definition) is 3. The van der Waals surface area contributed by atoms with Crippen molar-refractivity contribution in [2.24, 2.45) is 0 Å². The Hall–Kier alpha value is -1.32. The molecular weight excluding hydrogens is 258 g/mol. The summed E-state index contributed by atoms with van der Waals surface area (Å²) in [6, 6.07) is 5.95. The molecule has 19 heavy (non-hydrogen) atoms. The molecule has 1 aliphatic rings. The van der Waals surface area contributed by atoms with Crippen LogP contribution in [0, 0.1) is 0 Å². The molecule has 3 rings (SSSR count). The molecule has 0 saturated carbocycles. The van der Waals surface area contributed by atoms with E-state index >= 15 is 0 Å². The minimum atomic E-state index is 0.777. The van der Waals surface area contributed by atoms with Crippen LogP contribution < -0.4 is 10.2 Å². The van der Waals surface area contributed by atoms with Gasteiger partial charge in [0.25, 0.3) is 0 Å². The number of fused-ring (bicyclic) bond motifs is 1. The largest absolute Gasteiger partial charge is 0.368 e. The second-order valence-electron chi connectivity index (χ2n) is 4.88. The number of anilines is 1. The van der Waals surface area contributed by atoms with Gasteiger partial charge in [0.1, 0.15) is 0 Å². The first-order valence-corrected chi connectivity index (χ1v) is 7.20. The Labute approximate surface area is 118 Å². The van der Waals surface area contributed by atoms with Crippen molar-refractivity contribution in [3.05, 3.63) is 35.0 Å². The summed E-state index contributed by atoms with van der Waals surface area (Å²) >= 11 is 6.17. The van der Waals surface area contributed by atoms with Crippen molar-refractivity contribution in [2.75, 3.05) is 31.1 Å². The molecule has 1 aromatic heterocycles. The van der Waals surface area contributed by atoms with E-state index in [1.54, 1.807) is 0 Å². The SMILES string of the molecule is CCc1cnc2ccc(Cl)cc2c1N1CCNCC1. The van der Waals surface area contributed by atoms with Crippen LogP contribution in [0.4, 0.5) is 5.69 Å². The topological polar surface area (TPSA) is 28.2 Å². The number of benzene rings is 1. The summed E-state index contributed by atoms with van der Waals surface area (Å²) in [4.78, 5) is 7.00. The summed E-state index contributed by atoms with van der Waals surface area (Å²) in [6.45, 7) is 6.33. The average molecular weight is 276 g/mol. The number of rotatable bonds is 2. The molecule has 0 radical (unpaired) electrons. The monoisotopic (exact) mass is 275 g/mol. The normalized spacial score (nSPS) is 16.0. The zero-order valence-electron chi connectivity index (χ0n) is 11.1. The number of aryl methyl sites for hydroxylation is 1. The van der Waals surface area contributed by atoms with E-state index < -0.39 is 0 Å². The molecule has 2 aromatic rings. The van der Waals surface area contributed by atoms with Gasteiger partial charge in [0, 0.05) is 42.8 Å². The molecule has 0 aliphatic carbocycles. The number of halogens is 1. The zero-order chi connectivity index (χ0) is 13.2. The lowest BCUT2D eigenvalue weighted by molar-refractivity contribution is 0.589. The minimum absolute atomic E-state index is 0.777. The van der Waals surface area contributed by atoms with Gasteiger partial charge in [-0.3, -0.25) is 4.98 Å². The molecular formula is C15H18ClN3. The van der Waals surface area contributed by atoms with Crippen LogP contribution in [0.5, 0.6) is 0 Å². The third-order valence-corrected chi connectivity index (χ3v) is 3.93. The van der Waals surface area contributed by atoms with E-state index in [0.717, 1.165) is 43.1 Å². The van der Waals surface area contributed by atoms with Crippen LogP contribution in [0.15, 0.2) is 24.4 Å². The van der Waals surface area contributed by atoms with Crippen LogP contribution in [-0.4, -0.2) is 31.2 Å². The van der Waals surface area contributed by atoms with Crippen LogP contribution in [0.3, 0.4) is 0 Å². The summed E-state index contributed by atoms with van der Waals surface area (Å²) in [5.41, 5.74) is 3.64. The summed E-state index contributed by atoms with van der Waals surface area (Å²) in [6.07, 6.45) is 3.00. The van der Waals surface area contributed by atoms with Crippen molar-refractivity contribution < 1.29 is 0 Å². The fourth-order valence-electron chi connectivity index (χ4n) is 2.71. The molecule has 0 amide bonds. The third-order valence-electron chi connectivity index (χ3n) is 3.69. The predicted molar refractivity (Wildman–Crippen MR) is 81.2 cm³/mol. The van der Waals surface area contributed by atoms with Crippen molar-refractivity contribution in [1.82, 2.24) is 10.3 Å². The van der Waals surface area contributed by atoms with Crippen LogP contribution in [0.2, 0.25) is 5.02 Å². The smallest absolute Gasteiger partial charge is 0.0724 e. The van der Waals surface area contributed by atoms with Crippen molar-refractivity contribution >= 4 is 28.2 Å². The molecule has 0 unspecified atom stereocenters. The Morgan fingerprint density at radius 1 is 1.32 bits per heavy atom. The highest BCUT2D eigenvalue weighted by atomic mass is 35.5. The number of aromatic nitrogens is 1. The van der Waals surface area contributed by atoms with Gasteiger partial charge in [-0.1, -0.05) is 18.5 Å². The van der Waals surface area contributed by atoms with Crippen LogP contribution in [0.1, 0.15) is 12.5 Å². The van der Waals surface area contributed by atoms with Crippen molar-refractivity contribution in [1.29, 1.82) is 0 Å². The van der Waals surface area contributed by atoms with Gasteiger partial charge in [-0.05, 0) is 30.2 Å². The summed E-state index contributed by atoms with van der Waals surface area (Å²) < 4.78 is 0. The predicted octanol–water partition coefficient (Wildman–Crippen LogP) is 2.86. The maximum absolute atomic E-state index is 6.17. The van der Waals surface area contributed by atoms with E-state index in [0.29, 0.717) is 0 Å². The molecule has 0 atom stereocenters. The summed E-state index contributed by atoms with van der Waals surface area (Å²) in [5.74, 6) is 0. The number of hydrogen-bond donors (Lipinski definition) is 1. The Kier molecular flexibility index (Phi) is 3.58. The second-order valence-corrected chi connectivity index (χ2v) is 5.32.